The summed E-state index contributed by atoms with van der Waals surface area (Å²) >= 11 is 1.73. The topological polar surface area (TPSA) is 40.6 Å². The van der Waals surface area contributed by atoms with Gasteiger partial charge in [-0.25, -0.2) is 15.4 Å². The first kappa shape index (κ1) is 15.4. The molecule has 0 bridgehead atoms. The molecule has 0 unspecified atom stereocenters. The lowest BCUT2D eigenvalue weighted by molar-refractivity contribution is 0.102. The minimum Gasteiger partial charge on any atom is -0.497 e. The van der Waals surface area contributed by atoms with E-state index in [9.17, 15) is 0 Å². The molecule has 6 heteroatoms. The normalized spacial score (nSPS) is 16.8. The van der Waals surface area contributed by atoms with Crippen molar-refractivity contribution in [2.75, 3.05) is 40.3 Å². The van der Waals surface area contributed by atoms with Crippen LogP contribution in [-0.2, 0) is 6.54 Å². The van der Waals surface area contributed by atoms with Crippen molar-refractivity contribution in [2.45, 2.75) is 6.54 Å². The molecule has 0 saturated carbocycles. The second-order valence-electron chi connectivity index (χ2n) is 5.48. The smallest absolute Gasteiger partial charge is 0.119 e. The molecule has 1 N–H and O–H groups in total. The highest BCUT2D eigenvalue weighted by Crippen LogP contribution is 2.28. The summed E-state index contributed by atoms with van der Waals surface area (Å²) in [6.45, 7) is 5.13. The number of ether oxygens (including phenoxy) is 1. The lowest BCUT2D eigenvalue weighted by Crippen LogP contribution is -2.50. The van der Waals surface area contributed by atoms with Crippen LogP contribution >= 0.6 is 11.3 Å². The number of hydrazine groups is 1. The zero-order valence-corrected chi connectivity index (χ0v) is 13.9. The molecular formula is C16H22N4OS. The number of likely N-dealkylation sites (N-methyl/N-ethyl adjacent to an activating group) is 1. The molecule has 3 rings (SSSR count). The van der Waals surface area contributed by atoms with Gasteiger partial charge in [-0.2, -0.15) is 0 Å². The highest BCUT2D eigenvalue weighted by molar-refractivity contribution is 7.15. The lowest BCUT2D eigenvalue weighted by Gasteiger charge is -2.32. The van der Waals surface area contributed by atoms with Gasteiger partial charge in [-0.15, -0.1) is 11.3 Å². The molecule has 1 saturated heterocycles. The average molecular weight is 318 g/mol. The molecule has 1 fully saturated rings. The lowest BCUT2D eigenvalue weighted by atomic mass is 10.2. The Morgan fingerprint density at radius 3 is 2.86 bits per heavy atom. The van der Waals surface area contributed by atoms with Crippen LogP contribution in [0, 0.1) is 0 Å². The van der Waals surface area contributed by atoms with Gasteiger partial charge in [0.1, 0.15) is 10.8 Å². The first-order valence-electron chi connectivity index (χ1n) is 7.51. The fourth-order valence-corrected chi connectivity index (χ4v) is 3.29. The van der Waals surface area contributed by atoms with Crippen molar-refractivity contribution < 1.29 is 4.74 Å². The summed E-state index contributed by atoms with van der Waals surface area (Å²) < 4.78 is 5.28. The Kier molecular flexibility index (Phi) is 5.04. The third-order valence-electron chi connectivity index (χ3n) is 3.86. The molecule has 118 valence electrons. The summed E-state index contributed by atoms with van der Waals surface area (Å²) in [4.78, 5) is 8.05. The predicted octanol–water partition coefficient (Wildman–Crippen LogP) is 2.07. The maximum absolute atomic E-state index is 5.28. The van der Waals surface area contributed by atoms with Crippen molar-refractivity contribution in [3.8, 4) is 16.2 Å². The molecule has 22 heavy (non-hydrogen) atoms. The van der Waals surface area contributed by atoms with E-state index in [1.54, 1.807) is 18.4 Å². The molecule has 0 spiro atoms. The highest BCUT2D eigenvalue weighted by Gasteiger charge is 2.13. The van der Waals surface area contributed by atoms with E-state index in [2.05, 4.69) is 33.4 Å². The van der Waals surface area contributed by atoms with Gasteiger partial charge in [0.25, 0.3) is 0 Å². The summed E-state index contributed by atoms with van der Waals surface area (Å²) in [5, 5.41) is 3.39. The summed E-state index contributed by atoms with van der Waals surface area (Å²) in [7, 11) is 3.86. The predicted molar refractivity (Wildman–Crippen MR) is 90.0 cm³/mol. The van der Waals surface area contributed by atoms with Gasteiger partial charge in [0.05, 0.1) is 18.5 Å². The molecule has 0 amide bonds. The monoisotopic (exact) mass is 318 g/mol. The van der Waals surface area contributed by atoms with E-state index >= 15 is 0 Å². The number of benzene rings is 1. The minimum atomic E-state index is 0.790. The summed E-state index contributed by atoms with van der Waals surface area (Å²) in [6.07, 6.45) is 1.94. The summed E-state index contributed by atoms with van der Waals surface area (Å²) in [5.74, 6) is 0.878. The number of thiazole rings is 1. The van der Waals surface area contributed by atoms with E-state index in [4.69, 9.17) is 4.74 Å². The minimum absolute atomic E-state index is 0.790. The van der Waals surface area contributed by atoms with Gasteiger partial charge in [-0.3, -0.25) is 0 Å². The molecule has 1 aliphatic heterocycles. The summed E-state index contributed by atoms with van der Waals surface area (Å²) in [6, 6.07) is 8.11. The van der Waals surface area contributed by atoms with E-state index in [0.717, 1.165) is 49.0 Å². The zero-order valence-electron chi connectivity index (χ0n) is 13.1. The van der Waals surface area contributed by atoms with Crippen molar-refractivity contribution >= 4 is 11.3 Å². The number of rotatable bonds is 5. The maximum atomic E-state index is 5.28. The van der Waals surface area contributed by atoms with Crippen LogP contribution in [-0.4, -0.2) is 55.2 Å². The number of hydrogen-bond acceptors (Lipinski definition) is 6. The fourth-order valence-electron chi connectivity index (χ4n) is 2.45. The van der Waals surface area contributed by atoms with E-state index in [1.807, 2.05) is 24.4 Å². The number of aromatic nitrogens is 1. The summed E-state index contributed by atoms with van der Waals surface area (Å²) in [5.41, 5.74) is 4.63. The number of methoxy groups -OCH3 is 1. The van der Waals surface area contributed by atoms with Crippen LogP contribution in [0.15, 0.2) is 30.5 Å². The Hall–Kier alpha value is -1.47. The Balaban J connectivity index is 1.59. The van der Waals surface area contributed by atoms with Crippen LogP contribution in [0.5, 0.6) is 5.75 Å². The molecule has 1 aliphatic rings. The number of nitrogens with zero attached hydrogens (tertiary/aromatic N) is 3. The highest BCUT2D eigenvalue weighted by atomic mass is 32.1. The van der Waals surface area contributed by atoms with Crippen molar-refractivity contribution in [3.63, 3.8) is 0 Å². The molecule has 0 atom stereocenters. The van der Waals surface area contributed by atoms with Gasteiger partial charge in [0.2, 0.25) is 0 Å². The van der Waals surface area contributed by atoms with Crippen LogP contribution in [0.1, 0.15) is 5.01 Å². The van der Waals surface area contributed by atoms with E-state index in [1.165, 1.54) is 4.88 Å². The van der Waals surface area contributed by atoms with Crippen molar-refractivity contribution in [1.82, 2.24) is 20.3 Å². The van der Waals surface area contributed by atoms with E-state index < -0.39 is 0 Å². The Morgan fingerprint density at radius 2 is 2.09 bits per heavy atom. The largest absolute Gasteiger partial charge is 0.497 e. The molecule has 0 aliphatic carbocycles. The first-order valence-corrected chi connectivity index (χ1v) is 8.32. The van der Waals surface area contributed by atoms with Crippen molar-refractivity contribution in [3.05, 3.63) is 35.5 Å². The first-order chi connectivity index (χ1) is 10.7. The van der Waals surface area contributed by atoms with Gasteiger partial charge in [-0.05, 0) is 24.7 Å². The van der Waals surface area contributed by atoms with Gasteiger partial charge in [-0.1, -0.05) is 12.1 Å². The van der Waals surface area contributed by atoms with Crippen LogP contribution < -0.4 is 10.2 Å². The second kappa shape index (κ2) is 7.19. The van der Waals surface area contributed by atoms with Crippen LogP contribution in [0.4, 0.5) is 0 Å². The van der Waals surface area contributed by atoms with E-state index in [-0.39, 0.29) is 0 Å². The van der Waals surface area contributed by atoms with Crippen LogP contribution in [0.25, 0.3) is 10.4 Å². The van der Waals surface area contributed by atoms with Crippen LogP contribution in [0.2, 0.25) is 0 Å². The third kappa shape index (κ3) is 3.84. The number of hydrogen-bond donors (Lipinski definition) is 1. The van der Waals surface area contributed by atoms with Crippen molar-refractivity contribution in [1.29, 1.82) is 0 Å². The second-order valence-corrected chi connectivity index (χ2v) is 6.59. The molecule has 1 aromatic heterocycles. The third-order valence-corrected chi connectivity index (χ3v) is 4.91. The SMILES string of the molecule is COc1cccc(-c2cnc(CNN3CCN(C)CC3)s2)c1. The standard InChI is InChI=1S/C16H22N4OS/c1-19-6-8-20(9-7-19)18-12-16-17-11-15(22-16)13-4-3-5-14(10-13)21-2/h3-5,10-11,18H,6-9,12H2,1-2H3. The Morgan fingerprint density at radius 1 is 1.27 bits per heavy atom. The van der Waals surface area contributed by atoms with E-state index in [0.29, 0.717) is 0 Å². The Bertz CT molecular complexity index is 608. The molecular weight excluding hydrogens is 296 g/mol. The molecule has 1 aromatic carbocycles. The Labute approximate surface area is 135 Å². The maximum Gasteiger partial charge on any atom is 0.119 e. The van der Waals surface area contributed by atoms with Crippen molar-refractivity contribution in [2.24, 2.45) is 0 Å². The van der Waals surface area contributed by atoms with Gasteiger partial charge in [0, 0.05) is 32.4 Å². The quantitative estimate of drug-likeness (QED) is 0.914. The molecule has 5 nitrogen and oxygen atoms in total. The van der Waals surface area contributed by atoms with Gasteiger partial charge >= 0.3 is 0 Å². The molecule has 2 aromatic rings. The fraction of sp³-hybridized carbons (Fsp3) is 0.438. The molecule has 2 heterocycles. The average Bonchev–Trinajstić information content (AvgIpc) is 3.03. The molecule has 0 radical (unpaired) electrons. The zero-order chi connectivity index (χ0) is 15.4. The number of nitrogens with one attached hydrogen (secondary N) is 1. The number of piperazine rings is 1. The van der Waals surface area contributed by atoms with Gasteiger partial charge < -0.3 is 9.64 Å². The van der Waals surface area contributed by atoms with Crippen LogP contribution in [0.3, 0.4) is 0 Å². The van der Waals surface area contributed by atoms with Gasteiger partial charge in [0.15, 0.2) is 0 Å².